The molecule has 0 bridgehead atoms. The minimum atomic E-state index is -3.89. The molecule has 1 aliphatic heterocycles. The number of nitro groups is 1. The van der Waals surface area contributed by atoms with Crippen molar-refractivity contribution in [1.82, 2.24) is 4.90 Å². The highest BCUT2D eigenvalue weighted by atomic mass is 32.2. The molecule has 1 amide bonds. The maximum absolute atomic E-state index is 13.3. The minimum Gasteiger partial charge on any atom is -0.455 e. The van der Waals surface area contributed by atoms with Gasteiger partial charge in [-0.2, -0.15) is 16.8 Å². The fourth-order valence-electron chi connectivity index (χ4n) is 4.96. The van der Waals surface area contributed by atoms with Crippen molar-refractivity contribution in [1.29, 1.82) is 0 Å². The Bertz CT molecular complexity index is 1780. The van der Waals surface area contributed by atoms with Gasteiger partial charge in [0.2, 0.25) is 0 Å². The molecule has 14 nitrogen and oxygen atoms in total. The Labute approximate surface area is 266 Å². The Morgan fingerprint density at radius 1 is 0.870 bits per heavy atom. The fraction of sp³-hybridized carbons (Fsp3) is 0.333. The summed E-state index contributed by atoms with van der Waals surface area (Å²) in [5.74, 6) is -0.632. The average Bonchev–Trinajstić information content (AvgIpc) is 3.39. The van der Waals surface area contributed by atoms with E-state index in [2.05, 4.69) is 0 Å². The zero-order valence-electron chi connectivity index (χ0n) is 25.1. The number of esters is 1. The number of ether oxygens (including phenoxy) is 2. The summed E-state index contributed by atoms with van der Waals surface area (Å²) in [6, 6.07) is 18.6. The predicted octanol–water partition coefficient (Wildman–Crippen LogP) is 4.10. The van der Waals surface area contributed by atoms with Crippen LogP contribution in [0.1, 0.15) is 36.1 Å². The van der Waals surface area contributed by atoms with Gasteiger partial charge < -0.3 is 9.47 Å². The quantitative estimate of drug-likeness (QED) is 0.116. The normalized spacial score (nSPS) is 17.3. The molecule has 0 N–H and O–H groups in total. The van der Waals surface area contributed by atoms with Gasteiger partial charge in [-0.05, 0) is 39.9 Å². The van der Waals surface area contributed by atoms with E-state index >= 15 is 0 Å². The number of carbonyl (C=O) groups excluding carboxylic acids is 2. The van der Waals surface area contributed by atoms with E-state index in [1.54, 1.807) is 48.5 Å². The van der Waals surface area contributed by atoms with Crippen molar-refractivity contribution in [3.8, 4) is 11.1 Å². The van der Waals surface area contributed by atoms with Gasteiger partial charge in [-0.3, -0.25) is 28.2 Å². The highest BCUT2D eigenvalue weighted by Gasteiger charge is 2.44. The predicted molar refractivity (Wildman–Crippen MR) is 164 cm³/mol. The van der Waals surface area contributed by atoms with Crippen molar-refractivity contribution >= 4 is 38.0 Å². The maximum atomic E-state index is 13.3. The molecule has 3 atom stereocenters. The summed E-state index contributed by atoms with van der Waals surface area (Å²) < 4.78 is 67.5. The number of non-ortho nitro benzene ring substituents is 1. The summed E-state index contributed by atoms with van der Waals surface area (Å²) in [5.41, 5.74) is 3.16. The third-order valence-electron chi connectivity index (χ3n) is 6.97. The second kappa shape index (κ2) is 14.4. The van der Waals surface area contributed by atoms with Crippen LogP contribution in [0.2, 0.25) is 0 Å². The molecule has 46 heavy (non-hydrogen) atoms. The summed E-state index contributed by atoms with van der Waals surface area (Å²) in [4.78, 5) is 37.2. The highest BCUT2D eigenvalue weighted by molar-refractivity contribution is 7.86. The van der Waals surface area contributed by atoms with Crippen LogP contribution < -0.4 is 0 Å². The topological polar surface area (TPSA) is 186 Å². The summed E-state index contributed by atoms with van der Waals surface area (Å²) >= 11 is 0. The van der Waals surface area contributed by atoms with Crippen LogP contribution in [-0.2, 0) is 56.1 Å². The Hall–Kier alpha value is -4.38. The van der Waals surface area contributed by atoms with E-state index in [0.29, 0.717) is 16.7 Å². The lowest BCUT2D eigenvalue weighted by Gasteiger charge is -2.30. The van der Waals surface area contributed by atoms with Gasteiger partial charge in [0.05, 0.1) is 42.7 Å². The molecule has 3 aromatic rings. The van der Waals surface area contributed by atoms with Gasteiger partial charge in [0, 0.05) is 25.5 Å². The molecule has 3 aromatic carbocycles. The number of amides is 1. The number of likely N-dealkylation sites (tertiary alicyclic amines) is 1. The molecule has 1 unspecified atom stereocenters. The smallest absolute Gasteiger partial charge is 0.410 e. The molecule has 0 saturated carbocycles. The summed E-state index contributed by atoms with van der Waals surface area (Å²) in [6.07, 6.45) is -0.893. The Balaban J connectivity index is 1.55. The number of nitrogens with zero attached hydrogens (tertiary/aromatic N) is 2. The lowest BCUT2D eigenvalue weighted by molar-refractivity contribution is -0.384. The zero-order valence-corrected chi connectivity index (χ0v) is 26.7. The standard InChI is InChI=1S/C30H32N2O12S2/c1-20(33)43-29(25-12-10-24(11-13-25)23-8-4-22(5-9-23)19-42-45(2,37)38)28-16-27(44-46(3,39)40)17-31(28)30(34)41-18-21-6-14-26(15-7-21)32(35)36/h4-15,27-29H,16-19H2,1-3H3/t27-,28+,29?/m1/s1. The van der Waals surface area contributed by atoms with Crippen LogP contribution in [0, 0.1) is 10.1 Å². The summed E-state index contributed by atoms with van der Waals surface area (Å²) in [7, 11) is -7.47. The van der Waals surface area contributed by atoms with Crippen molar-refractivity contribution in [2.75, 3.05) is 19.1 Å². The zero-order chi connectivity index (χ0) is 33.6. The van der Waals surface area contributed by atoms with E-state index in [0.717, 1.165) is 23.6 Å². The van der Waals surface area contributed by atoms with Crippen LogP contribution in [-0.4, -0.2) is 69.9 Å². The van der Waals surface area contributed by atoms with E-state index in [4.69, 9.17) is 17.8 Å². The second-order valence-corrected chi connectivity index (χ2v) is 13.9. The second-order valence-electron chi connectivity index (χ2n) is 10.7. The van der Waals surface area contributed by atoms with Crippen molar-refractivity contribution in [3.63, 3.8) is 0 Å². The van der Waals surface area contributed by atoms with Crippen LogP contribution >= 0.6 is 0 Å². The number of hydrogen-bond donors (Lipinski definition) is 0. The number of nitro benzene ring substituents is 1. The van der Waals surface area contributed by atoms with Crippen LogP contribution in [0.25, 0.3) is 11.1 Å². The lowest BCUT2D eigenvalue weighted by atomic mass is 9.96. The average molecular weight is 677 g/mol. The van der Waals surface area contributed by atoms with Crippen molar-refractivity contribution < 1.29 is 49.2 Å². The van der Waals surface area contributed by atoms with Crippen molar-refractivity contribution in [2.45, 2.75) is 44.8 Å². The molecular weight excluding hydrogens is 644 g/mol. The van der Waals surface area contributed by atoms with E-state index in [-0.39, 0.29) is 31.9 Å². The van der Waals surface area contributed by atoms with Crippen LogP contribution in [0.4, 0.5) is 10.5 Å². The summed E-state index contributed by atoms with van der Waals surface area (Å²) in [6.45, 7) is 0.735. The van der Waals surface area contributed by atoms with E-state index in [1.807, 2.05) is 0 Å². The number of carbonyl (C=O) groups is 2. The van der Waals surface area contributed by atoms with Crippen LogP contribution in [0.5, 0.6) is 0 Å². The van der Waals surface area contributed by atoms with Crippen LogP contribution in [0.3, 0.4) is 0 Å². The van der Waals surface area contributed by atoms with Gasteiger partial charge >= 0.3 is 12.1 Å². The van der Waals surface area contributed by atoms with Crippen molar-refractivity contribution in [3.05, 3.63) is 99.6 Å². The third-order valence-corrected chi connectivity index (χ3v) is 8.14. The number of hydrogen-bond acceptors (Lipinski definition) is 12. The van der Waals surface area contributed by atoms with Gasteiger partial charge in [0.25, 0.3) is 25.9 Å². The van der Waals surface area contributed by atoms with E-state index < -0.39 is 55.5 Å². The Morgan fingerprint density at radius 3 is 1.93 bits per heavy atom. The maximum Gasteiger partial charge on any atom is 0.410 e. The fourth-order valence-corrected chi connectivity index (χ4v) is 5.95. The molecule has 1 aliphatic rings. The van der Waals surface area contributed by atoms with Crippen LogP contribution in [0.15, 0.2) is 72.8 Å². The molecular formula is C30H32N2O12S2. The molecule has 0 aromatic heterocycles. The van der Waals surface area contributed by atoms with Gasteiger partial charge in [0.1, 0.15) is 12.7 Å². The molecule has 0 spiro atoms. The first-order chi connectivity index (χ1) is 21.6. The number of benzene rings is 3. The SMILES string of the molecule is CC(=O)OC(c1ccc(-c2ccc(COS(C)(=O)=O)cc2)cc1)[C@@H]1C[C@@H](OS(C)(=O)=O)CN1C(=O)OCc1ccc([N+](=O)[O-])cc1. The Morgan fingerprint density at radius 2 is 1.41 bits per heavy atom. The van der Waals surface area contributed by atoms with Gasteiger partial charge in [-0.15, -0.1) is 0 Å². The van der Waals surface area contributed by atoms with E-state index in [9.17, 15) is 36.5 Å². The largest absolute Gasteiger partial charge is 0.455 e. The first-order valence-electron chi connectivity index (χ1n) is 13.8. The monoisotopic (exact) mass is 676 g/mol. The minimum absolute atomic E-state index is 0.0103. The molecule has 1 saturated heterocycles. The van der Waals surface area contributed by atoms with Crippen molar-refractivity contribution in [2.24, 2.45) is 0 Å². The molecule has 0 aliphatic carbocycles. The number of rotatable bonds is 12. The van der Waals surface area contributed by atoms with E-state index in [1.165, 1.54) is 36.1 Å². The van der Waals surface area contributed by atoms with Gasteiger partial charge in [0.15, 0.2) is 0 Å². The Kier molecular flexibility index (Phi) is 10.8. The summed E-state index contributed by atoms with van der Waals surface area (Å²) in [5, 5.41) is 10.9. The molecule has 4 rings (SSSR count). The highest BCUT2D eigenvalue weighted by Crippen LogP contribution is 2.36. The first-order valence-corrected chi connectivity index (χ1v) is 17.5. The molecule has 1 fully saturated rings. The third kappa shape index (κ3) is 9.81. The molecule has 16 heteroatoms. The molecule has 246 valence electrons. The first kappa shape index (κ1) is 34.5. The van der Waals surface area contributed by atoms with Gasteiger partial charge in [-0.25, -0.2) is 4.79 Å². The lowest BCUT2D eigenvalue weighted by Crippen LogP contribution is -2.41. The molecule has 0 radical (unpaired) electrons. The molecule has 1 heterocycles. The van der Waals surface area contributed by atoms with Gasteiger partial charge in [-0.1, -0.05) is 48.5 Å².